The van der Waals surface area contributed by atoms with Crippen LogP contribution in [0, 0.1) is 13.8 Å². The summed E-state index contributed by atoms with van der Waals surface area (Å²) in [4.78, 5) is 36.4. The van der Waals surface area contributed by atoms with Crippen molar-refractivity contribution in [1.82, 2.24) is 25.1 Å². The van der Waals surface area contributed by atoms with E-state index in [9.17, 15) is 9.59 Å². The zero-order valence-electron chi connectivity index (χ0n) is 13.8. The molecule has 7 nitrogen and oxygen atoms in total. The van der Waals surface area contributed by atoms with E-state index < -0.39 is 0 Å². The Balaban J connectivity index is 1.60. The van der Waals surface area contributed by atoms with Gasteiger partial charge in [-0.3, -0.25) is 4.79 Å². The van der Waals surface area contributed by atoms with Gasteiger partial charge in [0, 0.05) is 38.1 Å². The highest BCUT2D eigenvalue weighted by atomic mass is 32.2. The molecule has 1 spiro atoms. The number of nitrogens with one attached hydrogen (secondary N) is 1. The Morgan fingerprint density at radius 3 is 2.48 bits per heavy atom. The maximum atomic E-state index is 12.6. The van der Waals surface area contributed by atoms with Gasteiger partial charge in [-0.2, -0.15) is 0 Å². The molecule has 1 aromatic heterocycles. The molecule has 0 saturated carbocycles. The normalized spacial score (nSPS) is 20.4. The van der Waals surface area contributed by atoms with E-state index in [1.807, 2.05) is 26.8 Å². The molecule has 2 fully saturated rings. The summed E-state index contributed by atoms with van der Waals surface area (Å²) in [6.07, 6.45) is 0. The van der Waals surface area contributed by atoms with Crippen molar-refractivity contribution in [2.75, 3.05) is 26.7 Å². The average Bonchev–Trinajstić information content (AvgIpc) is 2.72. The predicted molar refractivity (Wildman–Crippen MR) is 87.3 cm³/mol. The molecule has 0 aliphatic carbocycles. The van der Waals surface area contributed by atoms with E-state index >= 15 is 0 Å². The minimum Gasteiger partial charge on any atom is -0.337 e. The Kier molecular flexibility index (Phi) is 3.95. The second-order valence-electron chi connectivity index (χ2n) is 6.33. The summed E-state index contributed by atoms with van der Waals surface area (Å²) in [6, 6.07) is 1.85. The standard InChI is InChI=1S/C15H21N5O2S/c1-9-5-10(2)18-13(17-9)23-11(3)12(21)20-7-15(8-20)6-16-14(22)19(15)4/h5,11H,6-8H2,1-4H3,(H,16,22). The molecule has 1 atom stereocenters. The van der Waals surface area contributed by atoms with E-state index in [1.165, 1.54) is 11.8 Å². The van der Waals surface area contributed by atoms with Crippen molar-refractivity contribution in [2.45, 2.75) is 36.7 Å². The second-order valence-corrected chi connectivity index (χ2v) is 7.64. The molecule has 1 unspecified atom stereocenters. The molecule has 0 radical (unpaired) electrons. The lowest BCUT2D eigenvalue weighted by Gasteiger charge is -2.51. The van der Waals surface area contributed by atoms with Crippen LogP contribution in [0.5, 0.6) is 0 Å². The SMILES string of the molecule is Cc1cc(C)nc(SC(C)C(=O)N2CC3(CNC(=O)N3C)C2)n1. The average molecular weight is 335 g/mol. The molecule has 1 N–H and O–H groups in total. The highest BCUT2D eigenvalue weighted by Crippen LogP contribution is 2.32. The van der Waals surface area contributed by atoms with Crippen molar-refractivity contribution in [3.8, 4) is 0 Å². The number of amides is 3. The van der Waals surface area contributed by atoms with Gasteiger partial charge in [0.25, 0.3) is 0 Å². The molecule has 3 heterocycles. The lowest BCUT2D eigenvalue weighted by atomic mass is 9.89. The first-order valence-corrected chi connectivity index (χ1v) is 8.48. The predicted octanol–water partition coefficient (Wildman–Crippen LogP) is 0.810. The van der Waals surface area contributed by atoms with Crippen LogP contribution in [0.3, 0.4) is 0 Å². The molecule has 0 aromatic carbocycles. The minimum absolute atomic E-state index is 0.0659. The summed E-state index contributed by atoms with van der Waals surface area (Å²) in [7, 11) is 1.78. The summed E-state index contributed by atoms with van der Waals surface area (Å²) in [5, 5.41) is 3.21. The molecule has 2 aliphatic rings. The Morgan fingerprint density at radius 2 is 1.96 bits per heavy atom. The van der Waals surface area contributed by atoms with Crippen LogP contribution in [0.15, 0.2) is 11.2 Å². The van der Waals surface area contributed by atoms with Crippen LogP contribution >= 0.6 is 11.8 Å². The van der Waals surface area contributed by atoms with Gasteiger partial charge in [0.1, 0.15) is 0 Å². The minimum atomic E-state index is -0.246. The van der Waals surface area contributed by atoms with Crippen molar-refractivity contribution in [2.24, 2.45) is 0 Å². The monoisotopic (exact) mass is 335 g/mol. The molecular weight excluding hydrogens is 314 g/mol. The number of carbonyl (C=O) groups is 2. The zero-order chi connectivity index (χ0) is 16.8. The number of aryl methyl sites for hydroxylation is 2. The van der Waals surface area contributed by atoms with E-state index in [2.05, 4.69) is 15.3 Å². The van der Waals surface area contributed by atoms with Gasteiger partial charge in [-0.05, 0) is 26.8 Å². The molecular formula is C15H21N5O2S. The zero-order valence-corrected chi connectivity index (χ0v) is 14.6. The summed E-state index contributed by atoms with van der Waals surface area (Å²) in [5.41, 5.74) is 1.58. The number of nitrogens with zero attached hydrogens (tertiary/aromatic N) is 4. The van der Waals surface area contributed by atoms with Crippen LogP contribution in [0.4, 0.5) is 4.79 Å². The number of urea groups is 1. The fourth-order valence-corrected chi connectivity index (χ4v) is 4.01. The fourth-order valence-electron chi connectivity index (χ4n) is 3.05. The van der Waals surface area contributed by atoms with Gasteiger partial charge in [0.15, 0.2) is 5.16 Å². The number of thioether (sulfide) groups is 1. The maximum absolute atomic E-state index is 12.6. The number of aromatic nitrogens is 2. The lowest BCUT2D eigenvalue weighted by Crippen LogP contribution is -2.70. The highest BCUT2D eigenvalue weighted by molar-refractivity contribution is 8.00. The van der Waals surface area contributed by atoms with Gasteiger partial charge >= 0.3 is 6.03 Å². The van der Waals surface area contributed by atoms with Crippen molar-refractivity contribution < 1.29 is 9.59 Å². The number of rotatable bonds is 3. The van der Waals surface area contributed by atoms with E-state index in [4.69, 9.17) is 0 Å². The van der Waals surface area contributed by atoms with Crippen LogP contribution in [0.1, 0.15) is 18.3 Å². The molecule has 1 aromatic rings. The topological polar surface area (TPSA) is 78.4 Å². The van der Waals surface area contributed by atoms with Gasteiger partial charge in [-0.25, -0.2) is 14.8 Å². The molecule has 8 heteroatoms. The molecule has 3 rings (SSSR count). The Hall–Kier alpha value is -1.83. The van der Waals surface area contributed by atoms with Crippen LogP contribution < -0.4 is 5.32 Å². The van der Waals surface area contributed by atoms with E-state index in [-0.39, 0.29) is 22.7 Å². The summed E-state index contributed by atoms with van der Waals surface area (Å²) >= 11 is 1.38. The van der Waals surface area contributed by atoms with Crippen molar-refractivity contribution in [3.63, 3.8) is 0 Å². The van der Waals surface area contributed by atoms with Crippen LogP contribution in [-0.4, -0.2) is 69.2 Å². The van der Waals surface area contributed by atoms with Gasteiger partial charge in [0.2, 0.25) is 5.91 Å². The first-order chi connectivity index (χ1) is 10.8. The molecule has 124 valence electrons. The Morgan fingerprint density at radius 1 is 1.35 bits per heavy atom. The summed E-state index contributed by atoms with van der Waals surface area (Å²) in [5.74, 6) is 0.0659. The van der Waals surface area contributed by atoms with Crippen molar-refractivity contribution >= 4 is 23.7 Å². The second kappa shape index (κ2) is 5.67. The number of hydrogen-bond donors (Lipinski definition) is 1. The third-order valence-corrected chi connectivity index (χ3v) is 5.41. The first-order valence-electron chi connectivity index (χ1n) is 7.60. The van der Waals surface area contributed by atoms with Crippen molar-refractivity contribution in [1.29, 1.82) is 0 Å². The first kappa shape index (κ1) is 16.0. The van der Waals surface area contributed by atoms with Crippen molar-refractivity contribution in [3.05, 3.63) is 17.5 Å². The van der Waals surface area contributed by atoms with E-state index in [0.717, 1.165) is 11.4 Å². The maximum Gasteiger partial charge on any atom is 0.317 e. The number of hydrogen-bond acceptors (Lipinski definition) is 5. The number of likely N-dealkylation sites (N-methyl/N-ethyl adjacent to an activating group) is 1. The quantitative estimate of drug-likeness (QED) is 0.653. The smallest absolute Gasteiger partial charge is 0.317 e. The van der Waals surface area contributed by atoms with Gasteiger partial charge in [-0.15, -0.1) is 0 Å². The molecule has 3 amide bonds. The highest BCUT2D eigenvalue weighted by Gasteiger charge is 2.53. The van der Waals surface area contributed by atoms with Gasteiger partial charge in [-0.1, -0.05) is 11.8 Å². The van der Waals surface area contributed by atoms with E-state index in [0.29, 0.717) is 24.8 Å². The Bertz CT molecular complexity index is 639. The van der Waals surface area contributed by atoms with Crippen LogP contribution in [0.25, 0.3) is 0 Å². The summed E-state index contributed by atoms with van der Waals surface area (Å²) < 4.78 is 0. The van der Waals surface area contributed by atoms with Crippen LogP contribution in [0.2, 0.25) is 0 Å². The van der Waals surface area contributed by atoms with E-state index in [1.54, 1.807) is 16.8 Å². The van der Waals surface area contributed by atoms with Crippen LogP contribution in [-0.2, 0) is 4.79 Å². The largest absolute Gasteiger partial charge is 0.337 e. The fraction of sp³-hybridized carbons (Fsp3) is 0.600. The van der Waals surface area contributed by atoms with Gasteiger partial charge < -0.3 is 15.1 Å². The molecule has 0 bridgehead atoms. The molecule has 23 heavy (non-hydrogen) atoms. The lowest BCUT2D eigenvalue weighted by molar-refractivity contribution is -0.140. The third kappa shape index (κ3) is 2.87. The summed E-state index contributed by atoms with van der Waals surface area (Å²) in [6.45, 7) is 7.49. The molecule has 2 aliphatic heterocycles. The molecule has 2 saturated heterocycles. The third-order valence-electron chi connectivity index (χ3n) is 4.46. The van der Waals surface area contributed by atoms with Gasteiger partial charge in [0.05, 0.1) is 10.8 Å². The number of carbonyl (C=O) groups excluding carboxylic acids is 2. The Labute approximate surface area is 139 Å². The number of likely N-dealkylation sites (tertiary alicyclic amines) is 1.